The highest BCUT2D eigenvalue weighted by Crippen LogP contribution is 2.25. The molecular weight excluding hydrogens is 316 g/mol. The topological polar surface area (TPSA) is 71.3 Å². The van der Waals surface area contributed by atoms with E-state index in [9.17, 15) is 4.79 Å². The number of hydrogen-bond acceptors (Lipinski definition) is 4. The van der Waals surface area contributed by atoms with Gasteiger partial charge in [0.1, 0.15) is 17.6 Å². The van der Waals surface area contributed by atoms with Gasteiger partial charge in [0, 0.05) is 11.3 Å². The minimum Gasteiger partial charge on any atom is -0.497 e. The highest BCUT2D eigenvalue weighted by Gasteiger charge is 2.11. The van der Waals surface area contributed by atoms with E-state index >= 15 is 0 Å². The van der Waals surface area contributed by atoms with Gasteiger partial charge in [-0.25, -0.2) is 0 Å². The molecule has 0 unspecified atom stereocenters. The van der Waals surface area contributed by atoms with Crippen molar-refractivity contribution in [3.8, 4) is 17.6 Å². The van der Waals surface area contributed by atoms with E-state index in [1.165, 1.54) is 6.07 Å². The number of carbonyl (C=O) groups excluding carboxylic acids is 1. The van der Waals surface area contributed by atoms with E-state index in [0.29, 0.717) is 33.3 Å². The van der Waals surface area contributed by atoms with Crippen molar-refractivity contribution >= 4 is 23.2 Å². The van der Waals surface area contributed by atoms with E-state index < -0.39 is 0 Å². The second-order valence-corrected chi connectivity index (χ2v) is 5.12. The van der Waals surface area contributed by atoms with Crippen LogP contribution in [0.5, 0.6) is 11.5 Å². The molecule has 1 N–H and O–H groups in total. The maximum atomic E-state index is 12.2. The van der Waals surface area contributed by atoms with Crippen LogP contribution in [-0.4, -0.2) is 20.1 Å². The molecule has 0 saturated heterocycles. The molecule has 2 aromatic carbocycles. The second kappa shape index (κ2) is 7.52. The van der Waals surface area contributed by atoms with Crippen molar-refractivity contribution in [1.82, 2.24) is 0 Å². The van der Waals surface area contributed by atoms with Gasteiger partial charge in [-0.05, 0) is 36.4 Å². The maximum absolute atomic E-state index is 12.2. The number of nitriles is 1. The van der Waals surface area contributed by atoms with Gasteiger partial charge in [0.25, 0.3) is 0 Å². The van der Waals surface area contributed by atoms with Crippen LogP contribution >= 0.6 is 11.6 Å². The van der Waals surface area contributed by atoms with Crippen LogP contribution in [0.4, 0.5) is 5.69 Å². The molecule has 2 rings (SSSR count). The molecule has 0 spiro atoms. The number of benzene rings is 2. The molecule has 6 heteroatoms. The normalized spacial score (nSPS) is 9.83. The van der Waals surface area contributed by atoms with E-state index in [2.05, 4.69) is 5.32 Å². The molecule has 5 nitrogen and oxygen atoms in total. The Morgan fingerprint density at radius 3 is 2.65 bits per heavy atom. The number of nitrogens with one attached hydrogen (secondary N) is 1. The van der Waals surface area contributed by atoms with Gasteiger partial charge < -0.3 is 14.8 Å². The second-order valence-electron chi connectivity index (χ2n) is 4.71. The van der Waals surface area contributed by atoms with Crippen molar-refractivity contribution in [3.05, 3.63) is 52.5 Å². The summed E-state index contributed by atoms with van der Waals surface area (Å²) in [7, 11) is 3.10. The summed E-state index contributed by atoms with van der Waals surface area (Å²) in [5.41, 5.74) is 1.53. The summed E-state index contributed by atoms with van der Waals surface area (Å²) >= 11 is 5.87. The maximum Gasteiger partial charge on any atom is 0.228 e. The van der Waals surface area contributed by atoms with Gasteiger partial charge in [-0.15, -0.1) is 0 Å². The standard InChI is InChI=1S/C17H15ClN2O3/c1-22-14-4-6-16(23-2)11(8-14)9-17(21)20-13-3-5-15(18)12(7-13)10-19/h3-8H,9H2,1-2H3,(H,20,21). The number of carbonyl (C=O) groups is 1. The lowest BCUT2D eigenvalue weighted by molar-refractivity contribution is -0.115. The third-order valence-corrected chi connectivity index (χ3v) is 3.54. The lowest BCUT2D eigenvalue weighted by Gasteiger charge is -2.11. The van der Waals surface area contributed by atoms with Gasteiger partial charge in [-0.1, -0.05) is 11.6 Å². The van der Waals surface area contributed by atoms with Crippen LogP contribution in [0.3, 0.4) is 0 Å². The molecule has 1 amide bonds. The van der Waals surface area contributed by atoms with E-state index in [-0.39, 0.29) is 12.3 Å². The minimum atomic E-state index is -0.234. The van der Waals surface area contributed by atoms with E-state index in [4.69, 9.17) is 26.3 Å². The fraction of sp³-hybridized carbons (Fsp3) is 0.176. The zero-order valence-corrected chi connectivity index (χ0v) is 13.5. The van der Waals surface area contributed by atoms with E-state index in [1.54, 1.807) is 44.6 Å². The Kier molecular flexibility index (Phi) is 5.45. The molecule has 2 aromatic rings. The summed E-state index contributed by atoms with van der Waals surface area (Å²) in [5, 5.41) is 12.0. The van der Waals surface area contributed by atoms with Crippen molar-refractivity contribution in [1.29, 1.82) is 5.26 Å². The molecule has 0 aliphatic rings. The smallest absolute Gasteiger partial charge is 0.228 e. The average molecular weight is 331 g/mol. The monoisotopic (exact) mass is 330 g/mol. The van der Waals surface area contributed by atoms with Crippen LogP contribution in [-0.2, 0) is 11.2 Å². The number of methoxy groups -OCH3 is 2. The first-order valence-electron chi connectivity index (χ1n) is 6.77. The Morgan fingerprint density at radius 1 is 1.22 bits per heavy atom. The predicted molar refractivity (Wildman–Crippen MR) is 88.0 cm³/mol. The quantitative estimate of drug-likeness (QED) is 0.912. The minimum absolute atomic E-state index is 0.116. The Hall–Kier alpha value is -2.71. The fourth-order valence-electron chi connectivity index (χ4n) is 2.09. The SMILES string of the molecule is COc1ccc(OC)c(CC(=O)Nc2ccc(Cl)c(C#N)c2)c1. The Bertz CT molecular complexity index is 769. The van der Waals surface area contributed by atoms with Crippen molar-refractivity contribution in [2.45, 2.75) is 6.42 Å². The zero-order chi connectivity index (χ0) is 16.8. The highest BCUT2D eigenvalue weighted by molar-refractivity contribution is 6.31. The number of halogens is 1. The molecule has 0 aliphatic carbocycles. The van der Waals surface area contributed by atoms with Gasteiger partial charge in [-0.2, -0.15) is 5.26 Å². The number of anilines is 1. The van der Waals surface area contributed by atoms with Crippen LogP contribution in [0.2, 0.25) is 5.02 Å². The zero-order valence-electron chi connectivity index (χ0n) is 12.7. The van der Waals surface area contributed by atoms with Gasteiger partial charge in [0.2, 0.25) is 5.91 Å². The number of amides is 1. The first-order valence-corrected chi connectivity index (χ1v) is 7.15. The molecule has 0 aliphatic heterocycles. The van der Waals surface area contributed by atoms with Crippen molar-refractivity contribution in [2.75, 3.05) is 19.5 Å². The molecule has 118 valence electrons. The van der Waals surface area contributed by atoms with Crippen LogP contribution < -0.4 is 14.8 Å². The highest BCUT2D eigenvalue weighted by atomic mass is 35.5. The lowest BCUT2D eigenvalue weighted by Crippen LogP contribution is -2.15. The van der Waals surface area contributed by atoms with E-state index in [0.717, 1.165) is 0 Å². The number of hydrogen-bond donors (Lipinski definition) is 1. The van der Waals surface area contributed by atoms with Crippen LogP contribution in [0.15, 0.2) is 36.4 Å². The first-order chi connectivity index (χ1) is 11.1. The van der Waals surface area contributed by atoms with Gasteiger partial charge >= 0.3 is 0 Å². The Balaban J connectivity index is 2.15. The van der Waals surface area contributed by atoms with Gasteiger partial charge in [-0.3, -0.25) is 4.79 Å². The largest absolute Gasteiger partial charge is 0.497 e. The summed E-state index contributed by atoms with van der Waals surface area (Å²) in [4.78, 5) is 12.2. The molecular formula is C17H15ClN2O3. The average Bonchev–Trinajstić information content (AvgIpc) is 2.56. The molecule has 0 saturated carbocycles. The summed E-state index contributed by atoms with van der Waals surface area (Å²) < 4.78 is 10.4. The Morgan fingerprint density at radius 2 is 2.00 bits per heavy atom. The first kappa shape index (κ1) is 16.7. The fourth-order valence-corrected chi connectivity index (χ4v) is 2.25. The number of ether oxygens (including phenoxy) is 2. The van der Waals surface area contributed by atoms with Crippen molar-refractivity contribution < 1.29 is 14.3 Å². The van der Waals surface area contributed by atoms with Gasteiger partial charge in [0.05, 0.1) is 31.2 Å². The lowest BCUT2D eigenvalue weighted by atomic mass is 10.1. The van der Waals surface area contributed by atoms with Gasteiger partial charge in [0.15, 0.2) is 0 Å². The summed E-state index contributed by atoms with van der Waals surface area (Å²) in [6.45, 7) is 0. The molecule has 0 fully saturated rings. The number of rotatable bonds is 5. The third kappa shape index (κ3) is 4.15. The van der Waals surface area contributed by atoms with Crippen LogP contribution in [0.1, 0.15) is 11.1 Å². The number of nitrogens with zero attached hydrogens (tertiary/aromatic N) is 1. The Labute approximate surface area is 139 Å². The molecule has 0 heterocycles. The van der Waals surface area contributed by atoms with Crippen LogP contribution in [0.25, 0.3) is 0 Å². The van der Waals surface area contributed by atoms with Crippen molar-refractivity contribution in [2.24, 2.45) is 0 Å². The molecule has 0 aromatic heterocycles. The summed E-state index contributed by atoms with van der Waals surface area (Å²) in [5.74, 6) is 1.02. The molecule has 0 radical (unpaired) electrons. The summed E-state index contributed by atoms with van der Waals surface area (Å²) in [6.07, 6.45) is 0.116. The predicted octanol–water partition coefficient (Wildman–Crippen LogP) is 3.41. The molecule has 0 bridgehead atoms. The third-order valence-electron chi connectivity index (χ3n) is 3.21. The summed E-state index contributed by atoms with van der Waals surface area (Å²) in [6, 6.07) is 12.0. The van der Waals surface area contributed by atoms with Crippen molar-refractivity contribution in [3.63, 3.8) is 0 Å². The van der Waals surface area contributed by atoms with Crippen LogP contribution in [0, 0.1) is 11.3 Å². The van der Waals surface area contributed by atoms with E-state index in [1.807, 2.05) is 6.07 Å². The molecule has 23 heavy (non-hydrogen) atoms. The molecule has 0 atom stereocenters.